The zero-order chi connectivity index (χ0) is 26.9. The molecule has 0 saturated heterocycles. The van der Waals surface area contributed by atoms with E-state index < -0.39 is 23.0 Å². The van der Waals surface area contributed by atoms with E-state index in [0.717, 1.165) is 6.42 Å². The number of hydrogen-bond acceptors (Lipinski definition) is 4. The Morgan fingerprint density at radius 3 is 1.74 bits per heavy atom. The van der Waals surface area contributed by atoms with Crippen molar-refractivity contribution in [2.45, 2.75) is 51.2 Å². The Balaban J connectivity index is 1.39. The molecule has 0 heterocycles. The molecule has 2 fully saturated rings. The largest absolute Gasteiger partial charge is 0.454 e. The minimum Gasteiger partial charge on any atom is -0.454 e. The molecule has 3 aliphatic rings. The third kappa shape index (κ3) is 3.24. The third-order valence-corrected chi connectivity index (χ3v) is 9.97. The van der Waals surface area contributed by atoms with E-state index in [4.69, 9.17) is 9.47 Å². The molecule has 2 bridgehead atoms. The monoisotopic (exact) mass is 516 g/mol. The maximum Gasteiger partial charge on any atom is 0.338 e. The Labute approximate surface area is 229 Å². The van der Waals surface area contributed by atoms with Crippen molar-refractivity contribution in [1.82, 2.24) is 0 Å². The normalized spacial score (nSPS) is 29.9. The molecule has 3 aliphatic carbocycles. The van der Waals surface area contributed by atoms with E-state index in [2.05, 4.69) is 57.2 Å². The van der Waals surface area contributed by atoms with Gasteiger partial charge in [-0.1, -0.05) is 93.6 Å². The predicted molar refractivity (Wildman–Crippen MR) is 151 cm³/mol. The molecule has 0 radical (unpaired) electrons. The van der Waals surface area contributed by atoms with Gasteiger partial charge in [0.15, 0.2) is 0 Å². The molecule has 4 aromatic carbocycles. The molecular formula is C35H32O4. The Morgan fingerprint density at radius 2 is 1.21 bits per heavy atom. The maximum absolute atomic E-state index is 13.6. The molecule has 0 amide bonds. The Hall–Kier alpha value is -3.92. The first-order valence-corrected chi connectivity index (χ1v) is 13.9. The molecule has 0 aliphatic heterocycles. The van der Waals surface area contributed by atoms with Crippen LogP contribution in [0.5, 0.6) is 0 Å². The lowest BCUT2D eigenvalue weighted by molar-refractivity contribution is -0.115. The lowest BCUT2D eigenvalue weighted by Gasteiger charge is -2.49. The third-order valence-electron chi connectivity index (χ3n) is 9.97. The minimum absolute atomic E-state index is 0.168. The maximum atomic E-state index is 13.6. The standard InChI is InChI=1S/C35H32O4/c1-21(2)35-20-34(3,28-25-18-10-16-22-17-11-19-26(27(22)25)29(28)35)30(38-32(36)23-12-6-4-7-13-23)31(35)39-33(37)24-14-8-5-9-15-24/h4-19,21,28-31H,20H2,1-3H3. The highest BCUT2D eigenvalue weighted by molar-refractivity contribution is 5.94. The molecule has 2 saturated carbocycles. The Kier molecular flexibility index (Phi) is 5.29. The summed E-state index contributed by atoms with van der Waals surface area (Å²) < 4.78 is 12.9. The number of benzene rings is 4. The second kappa shape index (κ2) is 8.54. The van der Waals surface area contributed by atoms with Gasteiger partial charge in [0.25, 0.3) is 0 Å². The summed E-state index contributed by atoms with van der Waals surface area (Å²) in [5.74, 6) is -0.224. The van der Waals surface area contributed by atoms with E-state index in [9.17, 15) is 9.59 Å². The number of esters is 2. The SMILES string of the molecule is CC(C)C12CC(C)(C(OC(=O)c3ccccc3)C1OC(=O)c1ccccc1)C1c3cccc4cccc(c34)C12. The number of carbonyl (C=O) groups excluding carboxylic acids is 2. The van der Waals surface area contributed by atoms with Crippen LogP contribution in [0.1, 0.15) is 70.9 Å². The van der Waals surface area contributed by atoms with Gasteiger partial charge in [0.2, 0.25) is 0 Å². The topological polar surface area (TPSA) is 52.6 Å². The van der Waals surface area contributed by atoms with Crippen LogP contribution >= 0.6 is 0 Å². The molecule has 0 N–H and O–H groups in total. The van der Waals surface area contributed by atoms with Crippen LogP contribution in [-0.4, -0.2) is 24.1 Å². The highest BCUT2D eigenvalue weighted by Crippen LogP contribution is 2.79. The number of rotatable bonds is 5. The minimum atomic E-state index is -0.578. The number of ether oxygens (including phenoxy) is 2. The molecule has 7 rings (SSSR count). The molecule has 0 aromatic heterocycles. The fraction of sp³-hybridized carbons (Fsp3) is 0.314. The molecule has 39 heavy (non-hydrogen) atoms. The molecule has 4 aromatic rings. The summed E-state index contributed by atoms with van der Waals surface area (Å²) in [6, 6.07) is 31.4. The summed E-state index contributed by atoms with van der Waals surface area (Å²) >= 11 is 0. The summed E-state index contributed by atoms with van der Waals surface area (Å²) in [7, 11) is 0. The van der Waals surface area contributed by atoms with E-state index in [1.807, 2.05) is 36.4 Å². The van der Waals surface area contributed by atoms with Gasteiger partial charge in [-0.2, -0.15) is 0 Å². The van der Waals surface area contributed by atoms with Gasteiger partial charge in [0.1, 0.15) is 12.2 Å². The highest BCUT2D eigenvalue weighted by Gasteiger charge is 2.77. The Bertz CT molecular complexity index is 1590. The van der Waals surface area contributed by atoms with Gasteiger partial charge >= 0.3 is 11.9 Å². The van der Waals surface area contributed by atoms with Gasteiger partial charge in [-0.25, -0.2) is 9.59 Å². The number of hydrogen-bond donors (Lipinski definition) is 0. The van der Waals surface area contributed by atoms with Gasteiger partial charge in [0, 0.05) is 22.7 Å². The first kappa shape index (κ1) is 24.1. The lowest BCUT2D eigenvalue weighted by Crippen LogP contribution is -2.54. The van der Waals surface area contributed by atoms with Crippen molar-refractivity contribution < 1.29 is 19.1 Å². The average molecular weight is 517 g/mol. The van der Waals surface area contributed by atoms with Crippen molar-refractivity contribution in [2.24, 2.45) is 16.7 Å². The highest BCUT2D eigenvalue weighted by atomic mass is 16.6. The number of fused-ring (bicyclic) bond motifs is 7. The molecule has 0 spiro atoms. The Morgan fingerprint density at radius 1 is 0.692 bits per heavy atom. The summed E-state index contributed by atoms with van der Waals surface area (Å²) in [4.78, 5) is 27.1. The first-order chi connectivity index (χ1) is 18.9. The number of carbonyl (C=O) groups is 2. The predicted octanol–water partition coefficient (Wildman–Crippen LogP) is 7.54. The lowest BCUT2D eigenvalue weighted by atomic mass is 9.60. The summed E-state index contributed by atoms with van der Waals surface area (Å²) in [6.07, 6.45) is -0.336. The fourth-order valence-corrected chi connectivity index (χ4v) is 8.45. The van der Waals surface area contributed by atoms with Crippen molar-refractivity contribution in [3.05, 3.63) is 119 Å². The molecule has 4 heteroatoms. The van der Waals surface area contributed by atoms with Crippen LogP contribution < -0.4 is 0 Å². The van der Waals surface area contributed by atoms with Crippen LogP contribution in [0, 0.1) is 16.7 Å². The van der Waals surface area contributed by atoms with Crippen LogP contribution in [-0.2, 0) is 9.47 Å². The zero-order valence-corrected chi connectivity index (χ0v) is 22.5. The summed E-state index contributed by atoms with van der Waals surface area (Å²) in [6.45, 7) is 6.71. The van der Waals surface area contributed by atoms with Crippen LogP contribution in [0.2, 0.25) is 0 Å². The van der Waals surface area contributed by atoms with Gasteiger partial charge in [0.05, 0.1) is 11.1 Å². The van der Waals surface area contributed by atoms with E-state index >= 15 is 0 Å². The van der Waals surface area contributed by atoms with Gasteiger partial charge in [-0.15, -0.1) is 0 Å². The second-order valence-electron chi connectivity index (χ2n) is 12.1. The van der Waals surface area contributed by atoms with Crippen LogP contribution in [0.25, 0.3) is 10.8 Å². The summed E-state index contributed by atoms with van der Waals surface area (Å²) in [5.41, 5.74) is 2.87. The fourth-order valence-electron chi connectivity index (χ4n) is 8.45. The first-order valence-electron chi connectivity index (χ1n) is 13.9. The van der Waals surface area contributed by atoms with Crippen LogP contribution in [0.4, 0.5) is 0 Å². The van der Waals surface area contributed by atoms with Crippen molar-refractivity contribution >= 4 is 22.7 Å². The smallest absolute Gasteiger partial charge is 0.338 e. The van der Waals surface area contributed by atoms with Crippen molar-refractivity contribution in [3.63, 3.8) is 0 Å². The zero-order valence-electron chi connectivity index (χ0n) is 22.5. The second-order valence-corrected chi connectivity index (χ2v) is 12.1. The molecule has 6 atom stereocenters. The van der Waals surface area contributed by atoms with Crippen LogP contribution in [0.3, 0.4) is 0 Å². The van der Waals surface area contributed by atoms with Crippen LogP contribution in [0.15, 0.2) is 97.1 Å². The van der Waals surface area contributed by atoms with Gasteiger partial charge in [-0.05, 0) is 58.5 Å². The quantitative estimate of drug-likeness (QED) is 0.257. The van der Waals surface area contributed by atoms with E-state index in [1.54, 1.807) is 24.3 Å². The van der Waals surface area contributed by atoms with E-state index in [1.165, 1.54) is 21.9 Å². The van der Waals surface area contributed by atoms with Crippen molar-refractivity contribution in [3.8, 4) is 0 Å². The summed E-state index contributed by atoms with van der Waals surface area (Å²) in [5, 5.41) is 2.55. The molecule has 196 valence electrons. The average Bonchev–Trinajstić information content (AvgIpc) is 3.54. The van der Waals surface area contributed by atoms with Crippen molar-refractivity contribution in [1.29, 1.82) is 0 Å². The van der Waals surface area contributed by atoms with Crippen molar-refractivity contribution in [2.75, 3.05) is 0 Å². The molecule has 4 nitrogen and oxygen atoms in total. The van der Waals surface area contributed by atoms with Gasteiger partial charge < -0.3 is 9.47 Å². The van der Waals surface area contributed by atoms with E-state index in [0.29, 0.717) is 11.1 Å². The van der Waals surface area contributed by atoms with E-state index in [-0.39, 0.29) is 29.7 Å². The molecule has 6 unspecified atom stereocenters. The van der Waals surface area contributed by atoms with Gasteiger partial charge in [-0.3, -0.25) is 0 Å². The molecular weight excluding hydrogens is 484 g/mol.